The summed E-state index contributed by atoms with van der Waals surface area (Å²) in [7, 11) is 0. The highest BCUT2D eigenvalue weighted by Gasteiger charge is 2.44. The van der Waals surface area contributed by atoms with Crippen LogP contribution in [0.15, 0.2) is 30.5 Å². The van der Waals surface area contributed by atoms with Crippen molar-refractivity contribution >= 4 is 17.9 Å². The van der Waals surface area contributed by atoms with Gasteiger partial charge in [0, 0.05) is 6.42 Å². The van der Waals surface area contributed by atoms with E-state index in [1.54, 1.807) is 27.0 Å². The molecule has 0 bridgehead atoms. The van der Waals surface area contributed by atoms with E-state index in [1.807, 2.05) is 45.0 Å². The molecule has 0 spiro atoms. The summed E-state index contributed by atoms with van der Waals surface area (Å²) in [5.41, 5.74) is 2.36. The van der Waals surface area contributed by atoms with E-state index in [0.29, 0.717) is 5.82 Å². The van der Waals surface area contributed by atoms with Crippen LogP contribution in [0, 0.1) is 12.8 Å². The summed E-state index contributed by atoms with van der Waals surface area (Å²) in [5, 5.41) is 2.71. The normalized spacial score (nSPS) is 17.6. The van der Waals surface area contributed by atoms with Gasteiger partial charge in [0.25, 0.3) is 5.91 Å². The molecule has 0 saturated carbocycles. The van der Waals surface area contributed by atoms with Crippen molar-refractivity contribution in [3.05, 3.63) is 41.9 Å². The van der Waals surface area contributed by atoms with Crippen LogP contribution in [0.3, 0.4) is 0 Å². The Morgan fingerprint density at radius 3 is 2.44 bits per heavy atom. The van der Waals surface area contributed by atoms with Gasteiger partial charge in [-0.05, 0) is 45.6 Å². The van der Waals surface area contributed by atoms with Gasteiger partial charge >= 0.3 is 12.0 Å². The maximum absolute atomic E-state index is 13.1. The Morgan fingerprint density at radius 1 is 1.19 bits per heavy atom. The van der Waals surface area contributed by atoms with Crippen LogP contribution in [-0.2, 0) is 14.3 Å². The van der Waals surface area contributed by atoms with Gasteiger partial charge < -0.3 is 15.0 Å². The summed E-state index contributed by atoms with van der Waals surface area (Å²) >= 11 is 0. The molecule has 0 aliphatic carbocycles. The summed E-state index contributed by atoms with van der Waals surface area (Å²) in [6, 6.07) is 6.24. The first kappa shape index (κ1) is 23.5. The monoisotopic (exact) mass is 440 g/mol. The lowest BCUT2D eigenvalue weighted by Crippen LogP contribution is -2.38. The molecule has 0 unspecified atom stereocenters. The zero-order valence-electron chi connectivity index (χ0n) is 19.6. The smallest absolute Gasteiger partial charge is 0.325 e. The quantitative estimate of drug-likeness (QED) is 0.498. The average molecular weight is 441 g/mol. The van der Waals surface area contributed by atoms with Crippen LogP contribution >= 0.6 is 0 Å². The summed E-state index contributed by atoms with van der Waals surface area (Å²) in [5.74, 6) is -0.268. The number of carbonyl (C=O) groups excluding carboxylic acids is 3. The molecule has 0 radical (unpaired) electrons. The standard InChI is InChI=1S/C24H32N4O4/c1-14(2)20(21-25-13-18(26-21)16-9-7-15(3)8-10-16)28-22(30)17(27-23(28)31)11-12-19(29)32-24(4,5)6/h7-10,13-14,17,20H,11-12H2,1-6H3,(H,25,26)(H,27,31)/t17-,20+/m1/s1. The van der Waals surface area contributed by atoms with E-state index in [4.69, 9.17) is 4.74 Å². The number of imide groups is 1. The van der Waals surface area contributed by atoms with Gasteiger partial charge in [0.2, 0.25) is 0 Å². The number of amides is 3. The van der Waals surface area contributed by atoms with Crippen molar-refractivity contribution in [2.24, 2.45) is 5.92 Å². The fourth-order valence-electron chi connectivity index (χ4n) is 3.76. The lowest BCUT2D eigenvalue weighted by Gasteiger charge is -2.27. The number of aromatic amines is 1. The van der Waals surface area contributed by atoms with Crippen molar-refractivity contribution in [2.45, 2.75) is 72.1 Å². The predicted octanol–water partition coefficient (Wildman–Crippen LogP) is 4.12. The molecular formula is C24H32N4O4. The number of benzene rings is 1. The maximum atomic E-state index is 13.1. The minimum atomic E-state index is -0.761. The third-order valence-corrected chi connectivity index (χ3v) is 5.26. The Bertz CT molecular complexity index is 988. The van der Waals surface area contributed by atoms with E-state index in [2.05, 4.69) is 15.3 Å². The number of H-pyrrole nitrogens is 1. The van der Waals surface area contributed by atoms with Crippen LogP contribution < -0.4 is 5.32 Å². The second-order valence-corrected chi connectivity index (χ2v) is 9.57. The highest BCUT2D eigenvalue weighted by atomic mass is 16.6. The van der Waals surface area contributed by atoms with Crippen LogP contribution in [-0.4, -0.2) is 44.4 Å². The molecule has 8 heteroatoms. The maximum Gasteiger partial charge on any atom is 0.325 e. The Labute approximate surface area is 188 Å². The number of carbonyl (C=O) groups is 3. The molecule has 2 N–H and O–H groups in total. The van der Waals surface area contributed by atoms with Gasteiger partial charge in [0.1, 0.15) is 23.5 Å². The number of nitrogens with zero attached hydrogens (tertiary/aromatic N) is 2. The summed E-state index contributed by atoms with van der Waals surface area (Å²) in [6.45, 7) is 11.3. The van der Waals surface area contributed by atoms with E-state index < -0.39 is 29.7 Å². The van der Waals surface area contributed by atoms with Crippen LogP contribution in [0.4, 0.5) is 4.79 Å². The lowest BCUT2D eigenvalue weighted by atomic mass is 10.0. The molecule has 1 aromatic heterocycles. The van der Waals surface area contributed by atoms with Gasteiger partial charge in [-0.1, -0.05) is 43.7 Å². The van der Waals surface area contributed by atoms with E-state index >= 15 is 0 Å². The SMILES string of the molecule is Cc1ccc(-c2cnc([C@H](C(C)C)N3C(=O)N[C@H](CCC(=O)OC(C)(C)C)C3=O)[nH]2)cc1. The number of esters is 1. The first-order valence-electron chi connectivity index (χ1n) is 10.9. The lowest BCUT2D eigenvalue weighted by molar-refractivity contribution is -0.155. The number of urea groups is 1. The van der Waals surface area contributed by atoms with Crippen molar-refractivity contribution in [1.82, 2.24) is 20.2 Å². The van der Waals surface area contributed by atoms with Crippen molar-refractivity contribution in [1.29, 1.82) is 0 Å². The molecule has 1 aromatic carbocycles. The first-order valence-corrected chi connectivity index (χ1v) is 10.9. The molecule has 1 aliphatic rings. The Hall–Kier alpha value is -3.16. The van der Waals surface area contributed by atoms with Crippen LogP contribution in [0.2, 0.25) is 0 Å². The molecular weight excluding hydrogens is 408 g/mol. The highest BCUT2D eigenvalue weighted by Crippen LogP contribution is 2.32. The van der Waals surface area contributed by atoms with Gasteiger partial charge in [-0.2, -0.15) is 0 Å². The number of rotatable bonds is 7. The number of hydrogen-bond donors (Lipinski definition) is 2. The minimum absolute atomic E-state index is 0.0481. The molecule has 1 fully saturated rings. The molecule has 172 valence electrons. The highest BCUT2D eigenvalue weighted by molar-refractivity contribution is 6.04. The third kappa shape index (κ3) is 5.36. The zero-order valence-corrected chi connectivity index (χ0v) is 19.6. The summed E-state index contributed by atoms with van der Waals surface area (Å²) < 4.78 is 5.30. The number of ether oxygens (including phenoxy) is 1. The van der Waals surface area contributed by atoms with Crippen LogP contribution in [0.25, 0.3) is 11.3 Å². The molecule has 3 rings (SSSR count). The fourth-order valence-corrected chi connectivity index (χ4v) is 3.76. The largest absolute Gasteiger partial charge is 0.460 e. The number of nitrogens with one attached hydrogen (secondary N) is 2. The number of aromatic nitrogens is 2. The van der Waals surface area contributed by atoms with E-state index in [0.717, 1.165) is 16.8 Å². The van der Waals surface area contributed by atoms with Crippen molar-refractivity contribution < 1.29 is 19.1 Å². The van der Waals surface area contributed by atoms with Crippen molar-refractivity contribution in [3.8, 4) is 11.3 Å². The van der Waals surface area contributed by atoms with Gasteiger partial charge in [-0.15, -0.1) is 0 Å². The summed E-state index contributed by atoms with van der Waals surface area (Å²) in [4.78, 5) is 46.9. The average Bonchev–Trinajstić information content (AvgIpc) is 3.26. The number of aryl methyl sites for hydroxylation is 1. The van der Waals surface area contributed by atoms with E-state index in [9.17, 15) is 14.4 Å². The Morgan fingerprint density at radius 2 is 1.84 bits per heavy atom. The first-order chi connectivity index (χ1) is 15.0. The van der Waals surface area contributed by atoms with Crippen molar-refractivity contribution in [3.63, 3.8) is 0 Å². The van der Waals surface area contributed by atoms with Gasteiger partial charge in [0.05, 0.1) is 11.9 Å². The number of hydrogen-bond acceptors (Lipinski definition) is 5. The predicted molar refractivity (Wildman–Crippen MR) is 121 cm³/mol. The van der Waals surface area contributed by atoms with Gasteiger partial charge in [0.15, 0.2) is 0 Å². The number of imidazole rings is 1. The third-order valence-electron chi connectivity index (χ3n) is 5.26. The second kappa shape index (κ2) is 9.14. The molecule has 1 aliphatic heterocycles. The Kier molecular flexibility index (Phi) is 6.71. The molecule has 32 heavy (non-hydrogen) atoms. The molecule has 2 atom stereocenters. The molecule has 2 aromatic rings. The Balaban J connectivity index is 1.75. The topological polar surface area (TPSA) is 104 Å². The van der Waals surface area contributed by atoms with Crippen LogP contribution in [0.5, 0.6) is 0 Å². The minimum Gasteiger partial charge on any atom is -0.460 e. The molecule has 8 nitrogen and oxygen atoms in total. The summed E-state index contributed by atoms with van der Waals surface area (Å²) in [6.07, 6.45) is 1.95. The van der Waals surface area contributed by atoms with Crippen LogP contribution in [0.1, 0.15) is 64.9 Å². The molecule has 1 saturated heterocycles. The van der Waals surface area contributed by atoms with E-state index in [-0.39, 0.29) is 24.7 Å². The molecule has 3 amide bonds. The fraction of sp³-hybridized carbons (Fsp3) is 0.500. The van der Waals surface area contributed by atoms with Gasteiger partial charge in [-0.25, -0.2) is 9.78 Å². The van der Waals surface area contributed by atoms with E-state index in [1.165, 1.54) is 4.90 Å². The van der Waals surface area contributed by atoms with Gasteiger partial charge in [-0.3, -0.25) is 14.5 Å². The zero-order chi connectivity index (χ0) is 23.6. The molecule has 2 heterocycles. The van der Waals surface area contributed by atoms with Crippen molar-refractivity contribution in [2.75, 3.05) is 0 Å². The second-order valence-electron chi connectivity index (χ2n) is 9.57.